The summed E-state index contributed by atoms with van der Waals surface area (Å²) < 4.78 is 5.32. The molecule has 0 bridgehead atoms. The largest absolute Gasteiger partial charge is 0.379 e. The molecule has 8 heteroatoms. The molecule has 2 heterocycles. The van der Waals surface area contributed by atoms with E-state index in [9.17, 15) is 14.4 Å². The average molecular weight is 431 g/mol. The van der Waals surface area contributed by atoms with E-state index in [0.717, 1.165) is 49.7 Å². The SMILES string of the molecule is CC(C)(C)c1ccc(C2(C)NC(=O)N(CC(=O)NCCCN3CCOCC3)C2=O)cc1. The zero-order valence-electron chi connectivity index (χ0n) is 19.0. The second kappa shape index (κ2) is 9.36. The molecule has 170 valence electrons. The fourth-order valence-corrected chi connectivity index (χ4v) is 3.89. The number of ether oxygens (including phenoxy) is 1. The van der Waals surface area contributed by atoms with Gasteiger partial charge < -0.3 is 15.4 Å². The Labute approximate surface area is 184 Å². The Morgan fingerprint density at radius 1 is 1.16 bits per heavy atom. The van der Waals surface area contributed by atoms with E-state index in [1.165, 1.54) is 0 Å². The van der Waals surface area contributed by atoms with E-state index < -0.39 is 17.5 Å². The molecule has 0 spiro atoms. The van der Waals surface area contributed by atoms with Crippen LogP contribution in [0.25, 0.3) is 0 Å². The topological polar surface area (TPSA) is 91.0 Å². The lowest BCUT2D eigenvalue weighted by Gasteiger charge is -2.26. The third kappa shape index (κ3) is 5.43. The Bertz CT molecular complexity index is 812. The van der Waals surface area contributed by atoms with E-state index >= 15 is 0 Å². The summed E-state index contributed by atoms with van der Waals surface area (Å²) in [6, 6.07) is 7.14. The Kier molecular flexibility index (Phi) is 7.01. The van der Waals surface area contributed by atoms with Gasteiger partial charge in [0.25, 0.3) is 5.91 Å². The number of imide groups is 1. The van der Waals surface area contributed by atoms with Crippen molar-refractivity contribution < 1.29 is 19.1 Å². The van der Waals surface area contributed by atoms with Crippen LogP contribution in [0.1, 0.15) is 45.2 Å². The van der Waals surface area contributed by atoms with Crippen molar-refractivity contribution >= 4 is 17.8 Å². The maximum atomic E-state index is 13.0. The van der Waals surface area contributed by atoms with E-state index in [1.807, 2.05) is 24.3 Å². The number of carbonyl (C=O) groups excluding carboxylic acids is 3. The van der Waals surface area contributed by atoms with Gasteiger partial charge in [-0.05, 0) is 36.4 Å². The summed E-state index contributed by atoms with van der Waals surface area (Å²) in [5.74, 6) is -0.748. The van der Waals surface area contributed by atoms with Gasteiger partial charge in [0, 0.05) is 19.6 Å². The molecule has 2 N–H and O–H groups in total. The number of benzene rings is 1. The quantitative estimate of drug-likeness (QED) is 0.506. The molecule has 2 fully saturated rings. The molecule has 2 aliphatic heterocycles. The Morgan fingerprint density at radius 2 is 1.81 bits per heavy atom. The Balaban J connectivity index is 1.53. The summed E-state index contributed by atoms with van der Waals surface area (Å²) in [5, 5.41) is 5.57. The standard InChI is InChI=1S/C23H34N4O4/c1-22(2,3)17-6-8-18(9-7-17)23(4)20(29)27(21(30)25-23)16-19(28)24-10-5-11-26-12-14-31-15-13-26/h6-9H,5,10-16H2,1-4H3,(H,24,28)(H,25,30). The van der Waals surface area contributed by atoms with E-state index in [-0.39, 0.29) is 17.9 Å². The first-order chi connectivity index (χ1) is 14.6. The van der Waals surface area contributed by atoms with Gasteiger partial charge in [-0.2, -0.15) is 0 Å². The van der Waals surface area contributed by atoms with Crippen LogP contribution in [-0.2, 0) is 25.3 Å². The van der Waals surface area contributed by atoms with E-state index in [4.69, 9.17) is 4.74 Å². The molecule has 1 atom stereocenters. The van der Waals surface area contributed by atoms with E-state index in [0.29, 0.717) is 12.1 Å². The highest BCUT2D eigenvalue weighted by molar-refractivity contribution is 6.09. The van der Waals surface area contributed by atoms with Crippen molar-refractivity contribution in [3.8, 4) is 0 Å². The zero-order valence-corrected chi connectivity index (χ0v) is 19.0. The number of urea groups is 1. The molecule has 0 aliphatic carbocycles. The number of hydrogen-bond acceptors (Lipinski definition) is 5. The molecule has 8 nitrogen and oxygen atoms in total. The molecular formula is C23H34N4O4. The predicted octanol–water partition coefficient (Wildman–Crippen LogP) is 1.59. The van der Waals surface area contributed by atoms with Crippen LogP contribution in [0.15, 0.2) is 24.3 Å². The van der Waals surface area contributed by atoms with Crippen molar-refractivity contribution in [3.05, 3.63) is 35.4 Å². The monoisotopic (exact) mass is 430 g/mol. The molecule has 2 saturated heterocycles. The highest BCUT2D eigenvalue weighted by atomic mass is 16.5. The lowest BCUT2D eigenvalue weighted by Crippen LogP contribution is -2.43. The second-order valence-electron chi connectivity index (χ2n) is 9.43. The number of amides is 4. The van der Waals surface area contributed by atoms with Crippen molar-refractivity contribution in [2.45, 2.75) is 45.1 Å². The third-order valence-corrected chi connectivity index (χ3v) is 5.98. The molecule has 1 unspecified atom stereocenters. The van der Waals surface area contributed by atoms with Gasteiger partial charge >= 0.3 is 6.03 Å². The molecule has 4 amide bonds. The Hall–Kier alpha value is -2.45. The molecule has 3 rings (SSSR count). The van der Waals surface area contributed by atoms with Crippen LogP contribution >= 0.6 is 0 Å². The number of carbonyl (C=O) groups is 3. The summed E-state index contributed by atoms with van der Waals surface area (Å²) in [4.78, 5) is 41.1. The van der Waals surface area contributed by atoms with Crippen LogP contribution in [0.4, 0.5) is 4.79 Å². The highest BCUT2D eigenvalue weighted by Gasteiger charge is 2.49. The number of morpholine rings is 1. The molecule has 0 aromatic heterocycles. The van der Waals surface area contributed by atoms with Crippen LogP contribution < -0.4 is 10.6 Å². The van der Waals surface area contributed by atoms with Crippen molar-refractivity contribution in [1.29, 1.82) is 0 Å². The van der Waals surface area contributed by atoms with E-state index in [1.54, 1.807) is 6.92 Å². The minimum Gasteiger partial charge on any atom is -0.379 e. The van der Waals surface area contributed by atoms with Gasteiger partial charge in [-0.25, -0.2) is 4.79 Å². The van der Waals surface area contributed by atoms with E-state index in [2.05, 4.69) is 36.3 Å². The normalized spacial score (nSPS) is 22.5. The maximum absolute atomic E-state index is 13.0. The van der Waals surface area contributed by atoms with Crippen molar-refractivity contribution in [1.82, 2.24) is 20.4 Å². The molecule has 0 saturated carbocycles. The first-order valence-corrected chi connectivity index (χ1v) is 10.9. The molecule has 31 heavy (non-hydrogen) atoms. The minimum atomic E-state index is -1.18. The minimum absolute atomic E-state index is 0.00569. The van der Waals surface area contributed by atoms with Crippen LogP contribution in [0, 0.1) is 0 Å². The lowest BCUT2D eigenvalue weighted by atomic mass is 9.84. The van der Waals surface area contributed by atoms with Gasteiger partial charge in [0.2, 0.25) is 5.91 Å². The number of rotatable bonds is 7. The maximum Gasteiger partial charge on any atom is 0.325 e. The third-order valence-electron chi connectivity index (χ3n) is 5.98. The summed E-state index contributed by atoms with van der Waals surface area (Å²) in [6.07, 6.45) is 0.809. The molecule has 1 aromatic carbocycles. The first kappa shape index (κ1) is 23.2. The van der Waals surface area contributed by atoms with Crippen molar-refractivity contribution in [2.75, 3.05) is 45.9 Å². The van der Waals surface area contributed by atoms with Crippen molar-refractivity contribution in [3.63, 3.8) is 0 Å². The number of hydrogen-bond donors (Lipinski definition) is 2. The molecule has 1 aromatic rings. The molecule has 0 radical (unpaired) electrons. The Morgan fingerprint density at radius 3 is 2.42 bits per heavy atom. The highest BCUT2D eigenvalue weighted by Crippen LogP contribution is 2.31. The van der Waals surface area contributed by atoms with Crippen molar-refractivity contribution in [2.24, 2.45) is 0 Å². The van der Waals surface area contributed by atoms with Crippen LogP contribution in [0.3, 0.4) is 0 Å². The average Bonchev–Trinajstić information content (AvgIpc) is 2.95. The van der Waals surface area contributed by atoms with Crippen LogP contribution in [-0.4, -0.2) is 73.6 Å². The predicted molar refractivity (Wildman–Crippen MR) is 118 cm³/mol. The molecule has 2 aliphatic rings. The zero-order chi connectivity index (χ0) is 22.6. The van der Waals surface area contributed by atoms with Gasteiger partial charge in [-0.1, -0.05) is 45.0 Å². The smallest absolute Gasteiger partial charge is 0.325 e. The first-order valence-electron chi connectivity index (χ1n) is 10.9. The van der Waals surface area contributed by atoms with Crippen LogP contribution in [0.2, 0.25) is 0 Å². The van der Waals surface area contributed by atoms with Gasteiger partial charge in [0.05, 0.1) is 13.2 Å². The second-order valence-corrected chi connectivity index (χ2v) is 9.43. The molecular weight excluding hydrogens is 396 g/mol. The van der Waals surface area contributed by atoms with Gasteiger partial charge in [0.1, 0.15) is 12.1 Å². The summed E-state index contributed by atoms with van der Waals surface area (Å²) in [5.41, 5.74) is 0.662. The van der Waals surface area contributed by atoms with Crippen LogP contribution in [0.5, 0.6) is 0 Å². The fourth-order valence-electron chi connectivity index (χ4n) is 3.89. The van der Waals surface area contributed by atoms with Gasteiger partial charge in [-0.3, -0.25) is 19.4 Å². The fraction of sp³-hybridized carbons (Fsp3) is 0.609. The number of nitrogens with one attached hydrogen (secondary N) is 2. The number of nitrogens with zero attached hydrogens (tertiary/aromatic N) is 2. The van der Waals surface area contributed by atoms with Gasteiger partial charge in [-0.15, -0.1) is 0 Å². The summed E-state index contributed by atoms with van der Waals surface area (Å²) >= 11 is 0. The summed E-state index contributed by atoms with van der Waals surface area (Å²) in [7, 11) is 0. The van der Waals surface area contributed by atoms with Gasteiger partial charge in [0.15, 0.2) is 0 Å². The lowest BCUT2D eigenvalue weighted by molar-refractivity contribution is -0.134. The summed E-state index contributed by atoms with van der Waals surface area (Å²) in [6.45, 7) is 12.5.